The second kappa shape index (κ2) is 13.2. The molecule has 14 heteroatoms. The molecular formula is C26H26F6N6O2. The Morgan fingerprint density at radius 3 is 2.08 bits per heavy atom. The molecule has 1 aliphatic carbocycles. The molecule has 0 unspecified atom stereocenters. The van der Waals surface area contributed by atoms with Crippen molar-refractivity contribution in [2.24, 2.45) is 7.05 Å². The number of benzene rings is 1. The van der Waals surface area contributed by atoms with E-state index in [0.717, 1.165) is 24.7 Å². The molecule has 1 saturated carbocycles. The first kappa shape index (κ1) is 30.3. The number of hydrogen-bond acceptors (Lipinski definition) is 6. The highest BCUT2D eigenvalue weighted by Gasteiger charge is 2.36. The van der Waals surface area contributed by atoms with E-state index in [-0.39, 0.29) is 22.2 Å². The van der Waals surface area contributed by atoms with Crippen LogP contribution in [0, 0.1) is 5.82 Å². The predicted octanol–water partition coefficient (Wildman–Crippen LogP) is 5.78. The Morgan fingerprint density at radius 2 is 1.60 bits per heavy atom. The van der Waals surface area contributed by atoms with Crippen molar-refractivity contribution >= 4 is 16.5 Å². The van der Waals surface area contributed by atoms with Crippen molar-refractivity contribution in [2.75, 3.05) is 5.73 Å². The maximum Gasteiger partial charge on any atom is 0.423 e. The van der Waals surface area contributed by atoms with Gasteiger partial charge < -0.3 is 10.3 Å². The summed E-state index contributed by atoms with van der Waals surface area (Å²) >= 11 is 0. The maximum atomic E-state index is 14.2. The smallest absolute Gasteiger partial charge is 0.397 e. The zero-order chi connectivity index (χ0) is 29.4. The van der Waals surface area contributed by atoms with E-state index in [0.29, 0.717) is 5.39 Å². The quantitative estimate of drug-likeness (QED) is 0.296. The van der Waals surface area contributed by atoms with Crippen molar-refractivity contribution in [1.29, 1.82) is 0 Å². The average Bonchev–Trinajstić information content (AvgIpc) is 2.92. The summed E-state index contributed by atoms with van der Waals surface area (Å²) in [5.41, 5.74) is 0.938. The monoisotopic (exact) mass is 568 g/mol. The van der Waals surface area contributed by atoms with E-state index < -0.39 is 40.9 Å². The van der Waals surface area contributed by atoms with E-state index in [1.165, 1.54) is 49.2 Å². The first-order valence-corrected chi connectivity index (χ1v) is 12.2. The number of alkyl halides is 5. The number of aromatic nitrogens is 5. The van der Waals surface area contributed by atoms with Gasteiger partial charge in [-0.3, -0.25) is 19.6 Å². The molecule has 0 spiro atoms. The number of pyridine rings is 1. The number of aromatic amines is 1. The maximum absolute atomic E-state index is 14.2. The molecule has 1 aromatic carbocycles. The van der Waals surface area contributed by atoms with Crippen LogP contribution in [-0.2, 0) is 13.2 Å². The van der Waals surface area contributed by atoms with Gasteiger partial charge in [0.05, 0.1) is 35.4 Å². The summed E-state index contributed by atoms with van der Waals surface area (Å²) in [7, 11) is 1.57. The van der Waals surface area contributed by atoms with Gasteiger partial charge in [-0.15, -0.1) is 0 Å². The molecule has 0 atom stereocenters. The van der Waals surface area contributed by atoms with Gasteiger partial charge in [0.2, 0.25) is 0 Å². The lowest BCUT2D eigenvalue weighted by Crippen LogP contribution is -2.24. The fraction of sp³-hybridized carbons (Fsp3) is 0.346. The van der Waals surface area contributed by atoms with Crippen LogP contribution < -0.4 is 16.9 Å². The summed E-state index contributed by atoms with van der Waals surface area (Å²) in [6.07, 6.45) is 5.84. The Bertz CT molecular complexity index is 1540. The highest BCUT2D eigenvalue weighted by Crippen LogP contribution is 2.29. The molecule has 1 fully saturated rings. The third-order valence-electron chi connectivity index (χ3n) is 6.01. The number of nitrogens with two attached hydrogens (primary N) is 1. The van der Waals surface area contributed by atoms with Crippen molar-refractivity contribution in [1.82, 2.24) is 24.7 Å². The Labute approximate surface area is 223 Å². The second-order valence-electron chi connectivity index (χ2n) is 8.93. The van der Waals surface area contributed by atoms with Crippen molar-refractivity contribution in [3.8, 4) is 11.3 Å². The average molecular weight is 569 g/mol. The molecule has 8 nitrogen and oxygen atoms in total. The zero-order valence-corrected chi connectivity index (χ0v) is 21.3. The minimum atomic E-state index is -4.74. The van der Waals surface area contributed by atoms with Crippen LogP contribution in [-0.4, -0.2) is 24.7 Å². The van der Waals surface area contributed by atoms with Crippen molar-refractivity contribution in [3.63, 3.8) is 0 Å². The lowest BCUT2D eigenvalue weighted by Gasteiger charge is -2.07. The van der Waals surface area contributed by atoms with Crippen LogP contribution in [0.5, 0.6) is 0 Å². The number of halogens is 6. The third kappa shape index (κ3) is 7.67. The Balaban J connectivity index is 0.000000204. The number of rotatable bonds is 2. The number of hydrogen-bond donors (Lipinski definition) is 2. The Hall–Kier alpha value is -4.23. The molecule has 5 rings (SSSR count). The number of aryl methyl sites for hydroxylation is 1. The number of nitrogen functional groups attached to an aromatic ring is 1. The zero-order valence-electron chi connectivity index (χ0n) is 21.3. The SMILES string of the molecule is C1CCCCC1.Cn1ccc2cc(-c3cnc(C(F)F)cn3)c(F)cc2c1=O.Nc1cn[nH]c(=O)c1C(F)(F)F. The molecule has 3 heterocycles. The van der Waals surface area contributed by atoms with Crippen LogP contribution in [0.15, 0.2) is 52.6 Å². The minimum Gasteiger partial charge on any atom is -0.397 e. The molecule has 0 radical (unpaired) electrons. The molecule has 3 aromatic heterocycles. The molecule has 0 amide bonds. The van der Waals surface area contributed by atoms with Crippen molar-refractivity contribution in [3.05, 3.63) is 80.8 Å². The summed E-state index contributed by atoms with van der Waals surface area (Å²) in [6.45, 7) is 0. The van der Waals surface area contributed by atoms with Gasteiger partial charge in [0.15, 0.2) is 0 Å². The minimum absolute atomic E-state index is 0.106. The molecule has 0 aliphatic heterocycles. The second-order valence-corrected chi connectivity index (χ2v) is 8.93. The predicted molar refractivity (Wildman–Crippen MR) is 137 cm³/mol. The molecule has 4 aromatic rings. The van der Waals surface area contributed by atoms with Crippen LogP contribution in [0.2, 0.25) is 0 Å². The van der Waals surface area contributed by atoms with Crippen molar-refractivity contribution < 1.29 is 26.3 Å². The van der Waals surface area contributed by atoms with Crippen LogP contribution in [0.3, 0.4) is 0 Å². The summed E-state index contributed by atoms with van der Waals surface area (Å²) in [6, 6.07) is 4.24. The van der Waals surface area contributed by atoms with Crippen LogP contribution in [0.1, 0.15) is 56.2 Å². The topological polar surface area (TPSA) is 120 Å². The summed E-state index contributed by atoms with van der Waals surface area (Å²) in [4.78, 5) is 29.9. The molecule has 1 aliphatic rings. The lowest BCUT2D eigenvalue weighted by atomic mass is 10.0. The normalized spacial score (nSPS) is 13.3. The van der Waals surface area contributed by atoms with Gasteiger partial charge in [0.1, 0.15) is 17.1 Å². The number of H-pyrrole nitrogens is 1. The van der Waals surface area contributed by atoms with Gasteiger partial charge >= 0.3 is 6.18 Å². The molecular weight excluding hydrogens is 542 g/mol. The van der Waals surface area contributed by atoms with Gasteiger partial charge in [0.25, 0.3) is 17.5 Å². The Kier molecular flexibility index (Phi) is 10.0. The van der Waals surface area contributed by atoms with E-state index in [2.05, 4.69) is 15.1 Å². The number of anilines is 1. The van der Waals surface area contributed by atoms with E-state index in [1.807, 2.05) is 0 Å². The first-order valence-electron chi connectivity index (χ1n) is 12.2. The van der Waals surface area contributed by atoms with Crippen molar-refractivity contribution in [2.45, 2.75) is 51.1 Å². The highest BCUT2D eigenvalue weighted by molar-refractivity contribution is 5.86. The van der Waals surface area contributed by atoms with E-state index >= 15 is 0 Å². The van der Waals surface area contributed by atoms with Crippen LogP contribution in [0.25, 0.3) is 22.0 Å². The number of nitrogens with one attached hydrogen (secondary N) is 1. The van der Waals surface area contributed by atoms with Gasteiger partial charge in [-0.25, -0.2) is 18.3 Å². The van der Waals surface area contributed by atoms with Gasteiger partial charge in [-0.1, -0.05) is 38.5 Å². The van der Waals surface area contributed by atoms with Crippen LogP contribution in [0.4, 0.5) is 32.0 Å². The summed E-state index contributed by atoms with van der Waals surface area (Å²) < 4.78 is 76.4. The first-order chi connectivity index (χ1) is 18.9. The van der Waals surface area contributed by atoms with Gasteiger partial charge in [-0.2, -0.15) is 18.3 Å². The highest BCUT2D eigenvalue weighted by atomic mass is 19.4. The van der Waals surface area contributed by atoms with Gasteiger partial charge in [-0.05, 0) is 23.6 Å². The summed E-state index contributed by atoms with van der Waals surface area (Å²) in [5.74, 6) is -0.658. The molecule has 3 N–H and O–H groups in total. The molecule has 0 saturated heterocycles. The summed E-state index contributed by atoms with van der Waals surface area (Å²) in [5, 5.41) is 5.52. The third-order valence-corrected chi connectivity index (χ3v) is 6.01. The van der Waals surface area contributed by atoms with E-state index in [1.54, 1.807) is 24.4 Å². The van der Waals surface area contributed by atoms with E-state index in [4.69, 9.17) is 5.73 Å². The van der Waals surface area contributed by atoms with E-state index in [9.17, 15) is 35.9 Å². The molecule has 0 bridgehead atoms. The standard InChI is InChI=1S/C15H10F3N3O.C6H12.C5H4F3N3O/c1-21-3-2-8-4-10(11(16)5-9(8)15(21)22)12-6-20-13(7-19-12)14(17)18;1-2-4-6-5-3-1;6-5(7,8)3-2(9)1-10-11-4(3)12/h2-7,14H,1H3;1-6H2;1H,(H3,9,11,12). The van der Waals surface area contributed by atoms with Gasteiger partial charge in [0, 0.05) is 18.8 Å². The number of fused-ring (bicyclic) bond motifs is 1. The lowest BCUT2D eigenvalue weighted by molar-refractivity contribution is -0.138. The molecule has 40 heavy (non-hydrogen) atoms. The molecule has 214 valence electrons. The largest absolute Gasteiger partial charge is 0.423 e. The fourth-order valence-corrected chi connectivity index (χ4v) is 3.91. The fourth-order valence-electron chi connectivity index (χ4n) is 3.91. The van der Waals surface area contributed by atoms with Crippen LogP contribution >= 0.6 is 0 Å². The number of nitrogens with zero attached hydrogens (tertiary/aromatic N) is 4. The Morgan fingerprint density at radius 1 is 0.975 bits per heavy atom.